The number of anilines is 1. The molecular weight excluding hydrogens is 411 g/mol. The van der Waals surface area contributed by atoms with Crippen LogP contribution in [0.25, 0.3) is 0 Å². The molecule has 3 nitrogen and oxygen atoms in total. The van der Waals surface area contributed by atoms with Gasteiger partial charge in [0.15, 0.2) is 0 Å². The van der Waals surface area contributed by atoms with Gasteiger partial charge in [0.1, 0.15) is 0 Å². The third-order valence-electron chi connectivity index (χ3n) is 5.10. The second kappa shape index (κ2) is 5.90. The summed E-state index contributed by atoms with van der Waals surface area (Å²) >= 11 is 3.35. The zero-order valence-electron chi connectivity index (χ0n) is 13.3. The van der Waals surface area contributed by atoms with E-state index in [1.54, 1.807) is 13.1 Å². The molecule has 0 atom stereocenters. The van der Waals surface area contributed by atoms with Gasteiger partial charge in [-0.05, 0) is 43.6 Å². The summed E-state index contributed by atoms with van der Waals surface area (Å²) in [5, 5.41) is 0. The molecule has 2 heterocycles. The predicted molar refractivity (Wildman–Crippen MR) is 85.9 cm³/mol. The number of carbonyl (C=O) groups excluding carboxylic acids is 1. The number of rotatable bonds is 2. The van der Waals surface area contributed by atoms with E-state index in [-0.39, 0.29) is 31.8 Å². The van der Waals surface area contributed by atoms with Crippen LogP contribution in [0.15, 0.2) is 22.7 Å². The van der Waals surface area contributed by atoms with E-state index in [9.17, 15) is 26.7 Å². The standard InChI is InChI=1S/C16H16BrF5N2O/c1-23-12-8-10(17)2-3-11(12)14(13(23)25)4-6-24(7-5-14)9-15(18,19)16(20,21)22/h2-3,8H,4-7,9H2,1H3. The molecule has 25 heavy (non-hydrogen) atoms. The summed E-state index contributed by atoms with van der Waals surface area (Å²) in [7, 11) is 1.65. The van der Waals surface area contributed by atoms with Crippen molar-refractivity contribution in [2.45, 2.75) is 30.4 Å². The fourth-order valence-corrected chi connectivity index (χ4v) is 4.03. The fraction of sp³-hybridized carbons (Fsp3) is 0.562. The number of fused-ring (bicyclic) bond motifs is 2. The van der Waals surface area contributed by atoms with Crippen LogP contribution in [0.1, 0.15) is 18.4 Å². The molecule has 3 rings (SSSR count). The van der Waals surface area contributed by atoms with Crippen LogP contribution in [0.5, 0.6) is 0 Å². The Bertz CT molecular complexity index is 698. The third kappa shape index (κ3) is 2.95. The lowest BCUT2D eigenvalue weighted by molar-refractivity contribution is -0.287. The van der Waals surface area contributed by atoms with Crippen molar-refractivity contribution in [1.29, 1.82) is 0 Å². The number of amides is 1. The van der Waals surface area contributed by atoms with Crippen molar-refractivity contribution in [3.63, 3.8) is 0 Å². The number of benzene rings is 1. The maximum atomic E-state index is 13.3. The predicted octanol–water partition coefficient (Wildman–Crippen LogP) is 3.96. The Kier molecular flexibility index (Phi) is 4.39. The smallest absolute Gasteiger partial charge is 0.314 e. The van der Waals surface area contributed by atoms with Gasteiger partial charge >= 0.3 is 12.1 Å². The van der Waals surface area contributed by atoms with Crippen molar-refractivity contribution in [2.24, 2.45) is 0 Å². The Balaban J connectivity index is 1.79. The Hall–Kier alpha value is -1.22. The van der Waals surface area contributed by atoms with Gasteiger partial charge in [-0.1, -0.05) is 22.0 Å². The largest absolute Gasteiger partial charge is 0.454 e. The van der Waals surface area contributed by atoms with Gasteiger partial charge in [-0.25, -0.2) is 0 Å². The molecule has 1 spiro atoms. The van der Waals surface area contributed by atoms with Gasteiger partial charge in [-0.3, -0.25) is 9.69 Å². The van der Waals surface area contributed by atoms with E-state index in [1.807, 2.05) is 12.1 Å². The van der Waals surface area contributed by atoms with Crippen LogP contribution in [0.4, 0.5) is 27.6 Å². The molecule has 2 aliphatic rings. The molecule has 0 aliphatic carbocycles. The van der Waals surface area contributed by atoms with Gasteiger partial charge < -0.3 is 4.90 Å². The van der Waals surface area contributed by atoms with Crippen LogP contribution >= 0.6 is 15.9 Å². The van der Waals surface area contributed by atoms with E-state index in [0.717, 1.165) is 20.6 Å². The Morgan fingerprint density at radius 3 is 2.32 bits per heavy atom. The first kappa shape index (κ1) is 18.6. The molecule has 1 aromatic carbocycles. The molecule has 0 saturated carbocycles. The molecule has 0 bridgehead atoms. The van der Waals surface area contributed by atoms with Gasteiger partial charge in [0, 0.05) is 17.2 Å². The lowest BCUT2D eigenvalue weighted by Gasteiger charge is -2.39. The second-order valence-corrected chi connectivity index (χ2v) is 7.50. The highest BCUT2D eigenvalue weighted by Crippen LogP contribution is 2.48. The molecule has 0 radical (unpaired) electrons. The number of likely N-dealkylation sites (N-methyl/N-ethyl adjacent to an activating group) is 1. The lowest BCUT2D eigenvalue weighted by Crippen LogP contribution is -2.53. The van der Waals surface area contributed by atoms with E-state index in [4.69, 9.17) is 0 Å². The average Bonchev–Trinajstić information content (AvgIpc) is 2.71. The summed E-state index contributed by atoms with van der Waals surface area (Å²) in [4.78, 5) is 15.4. The zero-order valence-corrected chi connectivity index (χ0v) is 14.9. The molecule has 1 saturated heterocycles. The molecule has 0 N–H and O–H groups in total. The summed E-state index contributed by atoms with van der Waals surface area (Å²) in [5.74, 6) is -4.89. The van der Waals surface area contributed by atoms with E-state index < -0.39 is 24.1 Å². The van der Waals surface area contributed by atoms with Crippen molar-refractivity contribution in [3.8, 4) is 0 Å². The molecule has 1 amide bonds. The number of hydrogen-bond donors (Lipinski definition) is 0. The molecule has 0 aromatic heterocycles. The Morgan fingerprint density at radius 1 is 1.16 bits per heavy atom. The zero-order chi connectivity index (χ0) is 18.6. The number of hydrogen-bond acceptors (Lipinski definition) is 2. The number of nitrogens with zero attached hydrogens (tertiary/aromatic N) is 2. The number of piperidine rings is 1. The second-order valence-electron chi connectivity index (χ2n) is 6.59. The van der Waals surface area contributed by atoms with Crippen molar-refractivity contribution in [3.05, 3.63) is 28.2 Å². The number of halogens is 6. The molecule has 0 unspecified atom stereocenters. The third-order valence-corrected chi connectivity index (χ3v) is 5.59. The molecule has 1 fully saturated rings. The van der Waals surface area contributed by atoms with Gasteiger partial charge in [0.05, 0.1) is 12.0 Å². The van der Waals surface area contributed by atoms with Crippen molar-refractivity contribution < 1.29 is 26.7 Å². The Morgan fingerprint density at radius 2 is 1.76 bits per heavy atom. The molecule has 2 aliphatic heterocycles. The summed E-state index contributed by atoms with van der Waals surface area (Å²) in [6.07, 6.45) is -5.12. The van der Waals surface area contributed by atoms with Gasteiger partial charge in [0.2, 0.25) is 5.91 Å². The normalized spacial score (nSPS) is 21.1. The van der Waals surface area contributed by atoms with Crippen LogP contribution in [-0.4, -0.2) is 49.6 Å². The minimum Gasteiger partial charge on any atom is -0.314 e. The summed E-state index contributed by atoms with van der Waals surface area (Å²) < 4.78 is 64.5. The minimum atomic E-state index is -5.57. The van der Waals surface area contributed by atoms with Crippen LogP contribution in [0, 0.1) is 0 Å². The van der Waals surface area contributed by atoms with Gasteiger partial charge in [-0.15, -0.1) is 0 Å². The lowest BCUT2D eigenvalue weighted by atomic mass is 9.73. The maximum absolute atomic E-state index is 13.3. The minimum absolute atomic E-state index is 0.0146. The Labute approximate surface area is 149 Å². The first-order valence-electron chi connectivity index (χ1n) is 7.73. The highest BCUT2D eigenvalue weighted by molar-refractivity contribution is 9.10. The summed E-state index contributed by atoms with van der Waals surface area (Å²) in [5.41, 5.74) is 0.716. The topological polar surface area (TPSA) is 23.6 Å². The number of alkyl halides is 5. The van der Waals surface area contributed by atoms with Crippen LogP contribution < -0.4 is 4.90 Å². The monoisotopic (exact) mass is 426 g/mol. The van der Waals surface area contributed by atoms with E-state index >= 15 is 0 Å². The summed E-state index contributed by atoms with van der Waals surface area (Å²) in [6.45, 7) is -1.34. The van der Waals surface area contributed by atoms with E-state index in [0.29, 0.717) is 0 Å². The van der Waals surface area contributed by atoms with Gasteiger partial charge in [0.25, 0.3) is 0 Å². The highest BCUT2D eigenvalue weighted by Gasteiger charge is 2.59. The van der Waals surface area contributed by atoms with E-state index in [2.05, 4.69) is 15.9 Å². The first-order chi connectivity index (χ1) is 11.5. The molecule has 9 heteroatoms. The van der Waals surface area contributed by atoms with Crippen molar-refractivity contribution >= 4 is 27.5 Å². The molecule has 138 valence electrons. The van der Waals surface area contributed by atoms with Gasteiger partial charge in [-0.2, -0.15) is 22.0 Å². The van der Waals surface area contributed by atoms with E-state index in [1.165, 1.54) is 4.90 Å². The van der Waals surface area contributed by atoms with Crippen LogP contribution in [0.3, 0.4) is 0 Å². The summed E-state index contributed by atoms with van der Waals surface area (Å²) in [6, 6.07) is 5.43. The maximum Gasteiger partial charge on any atom is 0.454 e. The van der Waals surface area contributed by atoms with Crippen LogP contribution in [0.2, 0.25) is 0 Å². The quantitative estimate of drug-likeness (QED) is 0.668. The van der Waals surface area contributed by atoms with Crippen molar-refractivity contribution in [1.82, 2.24) is 4.90 Å². The average molecular weight is 427 g/mol. The molecular formula is C16H16BrF5N2O. The number of likely N-dealkylation sites (tertiary alicyclic amines) is 1. The molecule has 1 aromatic rings. The number of carbonyl (C=O) groups is 1. The SMILES string of the molecule is CN1C(=O)C2(CCN(CC(F)(F)C(F)(F)F)CC2)c2ccc(Br)cc21. The van der Waals surface area contributed by atoms with Crippen molar-refractivity contribution in [2.75, 3.05) is 31.6 Å². The van der Waals surface area contributed by atoms with Crippen LogP contribution in [-0.2, 0) is 10.2 Å². The first-order valence-corrected chi connectivity index (χ1v) is 8.52. The highest BCUT2D eigenvalue weighted by atomic mass is 79.9. The fourth-order valence-electron chi connectivity index (χ4n) is 3.68.